The maximum absolute atomic E-state index is 12.2. The number of amides is 2. The molecule has 2 bridgehead atoms. The van der Waals surface area contributed by atoms with Crippen molar-refractivity contribution in [2.75, 3.05) is 0 Å². The normalized spacial score (nSPS) is 38.2. The van der Waals surface area contributed by atoms with Crippen LogP contribution in [0, 0.1) is 11.8 Å². The van der Waals surface area contributed by atoms with Crippen LogP contribution in [0.2, 0.25) is 0 Å². The number of hydrogen-bond acceptors (Lipinski definition) is 7. The first kappa shape index (κ1) is 14.7. The fourth-order valence-corrected chi connectivity index (χ4v) is 3.50. The van der Waals surface area contributed by atoms with E-state index in [1.807, 2.05) is 0 Å². The van der Waals surface area contributed by atoms with Crippen molar-refractivity contribution in [2.24, 2.45) is 11.8 Å². The molecule has 0 aliphatic carbocycles. The highest BCUT2D eigenvalue weighted by atomic mass is 16.7. The van der Waals surface area contributed by atoms with Crippen LogP contribution in [0.1, 0.15) is 20.8 Å². The zero-order valence-corrected chi connectivity index (χ0v) is 12.2. The van der Waals surface area contributed by atoms with Crippen molar-refractivity contribution in [3.05, 3.63) is 12.2 Å². The molecule has 2 fully saturated rings. The second kappa shape index (κ2) is 4.39. The van der Waals surface area contributed by atoms with Crippen LogP contribution in [-0.4, -0.2) is 41.2 Å². The maximum Gasteiger partial charge on any atom is 0.305 e. The van der Waals surface area contributed by atoms with Gasteiger partial charge in [-0.3, -0.25) is 24.5 Å². The highest BCUT2D eigenvalue weighted by Crippen LogP contribution is 2.57. The number of rotatable bonds is 3. The molecular formula is C14H15NO7. The third-order valence-corrected chi connectivity index (χ3v) is 4.23. The molecule has 0 aromatic rings. The predicted octanol–water partition coefficient (Wildman–Crippen LogP) is -0.575. The van der Waals surface area contributed by atoms with E-state index in [4.69, 9.17) is 14.2 Å². The van der Waals surface area contributed by atoms with Gasteiger partial charge in [-0.25, -0.2) is 0 Å². The molecule has 0 radical (unpaired) electrons. The van der Waals surface area contributed by atoms with Crippen molar-refractivity contribution in [1.29, 1.82) is 0 Å². The van der Waals surface area contributed by atoms with Crippen LogP contribution in [0.15, 0.2) is 12.2 Å². The average Bonchev–Trinajstić information content (AvgIpc) is 2.96. The Morgan fingerprint density at radius 3 is 2.23 bits per heavy atom. The van der Waals surface area contributed by atoms with Crippen molar-refractivity contribution in [3.8, 4) is 0 Å². The van der Waals surface area contributed by atoms with Crippen LogP contribution in [-0.2, 0) is 33.4 Å². The Bertz CT molecular complexity index is 611. The molecule has 2 amide bonds. The van der Waals surface area contributed by atoms with Crippen molar-refractivity contribution >= 4 is 23.8 Å². The lowest BCUT2D eigenvalue weighted by atomic mass is 9.72. The summed E-state index contributed by atoms with van der Waals surface area (Å²) in [4.78, 5) is 46.8. The molecule has 3 aliphatic heterocycles. The van der Waals surface area contributed by atoms with Gasteiger partial charge >= 0.3 is 11.9 Å². The van der Waals surface area contributed by atoms with Gasteiger partial charge in [-0.1, -0.05) is 6.08 Å². The first-order chi connectivity index (χ1) is 10.2. The fourth-order valence-electron chi connectivity index (χ4n) is 3.50. The topological polar surface area (TPSA) is 108 Å². The number of carbonyl (C=O) groups excluding carboxylic acids is 4. The highest BCUT2D eigenvalue weighted by Gasteiger charge is 2.74. The van der Waals surface area contributed by atoms with Gasteiger partial charge in [0.2, 0.25) is 11.8 Å². The van der Waals surface area contributed by atoms with E-state index in [0.717, 1.165) is 13.8 Å². The molecule has 118 valence electrons. The Kier molecular flexibility index (Phi) is 2.93. The van der Waals surface area contributed by atoms with E-state index >= 15 is 0 Å². The van der Waals surface area contributed by atoms with Crippen molar-refractivity contribution in [3.63, 3.8) is 0 Å². The molecule has 8 nitrogen and oxygen atoms in total. The molecule has 2 saturated heterocycles. The summed E-state index contributed by atoms with van der Waals surface area (Å²) in [6.07, 6.45) is 1.72. The Balaban J connectivity index is 2.05. The standard InChI is InChI=1S/C14H15NO7/c1-6(16)20-12(21-7(2)17)14-5-4-13(3,22-14)8-9(14)11(19)15-10(8)18/h4-5,8-9,12H,1-3H3,(H,15,18,19)/t8-,9-,13+,14-/m0/s1. The lowest BCUT2D eigenvalue weighted by Crippen LogP contribution is -2.52. The molecule has 0 saturated carbocycles. The monoisotopic (exact) mass is 309 g/mol. The third kappa shape index (κ3) is 1.80. The summed E-state index contributed by atoms with van der Waals surface area (Å²) in [6.45, 7) is 3.96. The van der Waals surface area contributed by atoms with Crippen LogP contribution in [0.3, 0.4) is 0 Å². The summed E-state index contributed by atoms with van der Waals surface area (Å²) in [5.74, 6) is -4.04. The van der Waals surface area contributed by atoms with Gasteiger partial charge in [0.05, 0.1) is 17.4 Å². The molecule has 0 aromatic heterocycles. The molecule has 4 atom stereocenters. The van der Waals surface area contributed by atoms with E-state index < -0.39 is 53.1 Å². The zero-order valence-electron chi connectivity index (χ0n) is 12.2. The van der Waals surface area contributed by atoms with Crippen molar-refractivity contribution in [1.82, 2.24) is 5.32 Å². The van der Waals surface area contributed by atoms with Gasteiger partial charge in [0.15, 0.2) is 5.60 Å². The van der Waals surface area contributed by atoms with Crippen LogP contribution < -0.4 is 5.32 Å². The molecular weight excluding hydrogens is 294 g/mol. The number of carbonyl (C=O) groups is 4. The number of nitrogens with one attached hydrogen (secondary N) is 1. The van der Waals surface area contributed by atoms with Gasteiger partial charge in [0.25, 0.3) is 6.29 Å². The van der Waals surface area contributed by atoms with Gasteiger partial charge in [-0.2, -0.15) is 0 Å². The second-order valence-corrected chi connectivity index (χ2v) is 5.83. The quantitative estimate of drug-likeness (QED) is 0.322. The Morgan fingerprint density at radius 1 is 1.14 bits per heavy atom. The fraction of sp³-hybridized carbons (Fsp3) is 0.571. The van der Waals surface area contributed by atoms with E-state index in [-0.39, 0.29) is 0 Å². The minimum Gasteiger partial charge on any atom is -0.422 e. The summed E-state index contributed by atoms with van der Waals surface area (Å²) >= 11 is 0. The zero-order chi connectivity index (χ0) is 16.3. The van der Waals surface area contributed by atoms with Crippen LogP contribution >= 0.6 is 0 Å². The molecule has 3 rings (SSSR count). The van der Waals surface area contributed by atoms with Crippen molar-refractivity contribution in [2.45, 2.75) is 38.3 Å². The molecule has 0 spiro atoms. The SMILES string of the molecule is CC(=O)OC(OC(C)=O)[C@@]12C=C[C@@](C)(O1)[C@@H]1C(=O)NC(=O)[C@H]12. The molecule has 0 unspecified atom stereocenters. The summed E-state index contributed by atoms with van der Waals surface area (Å²) < 4.78 is 16.0. The third-order valence-electron chi connectivity index (χ3n) is 4.23. The largest absolute Gasteiger partial charge is 0.422 e. The minimum atomic E-state index is -1.49. The average molecular weight is 309 g/mol. The molecule has 22 heavy (non-hydrogen) atoms. The van der Waals surface area contributed by atoms with E-state index in [1.165, 1.54) is 6.08 Å². The lowest BCUT2D eigenvalue weighted by Gasteiger charge is -2.34. The number of esters is 2. The summed E-state index contributed by atoms with van der Waals surface area (Å²) in [5.41, 5.74) is -2.51. The Labute approximate surface area is 125 Å². The summed E-state index contributed by atoms with van der Waals surface area (Å²) in [7, 11) is 0. The van der Waals surface area contributed by atoms with E-state index in [1.54, 1.807) is 13.0 Å². The number of imide groups is 1. The van der Waals surface area contributed by atoms with Gasteiger partial charge < -0.3 is 14.2 Å². The maximum atomic E-state index is 12.2. The van der Waals surface area contributed by atoms with Gasteiger partial charge in [-0.15, -0.1) is 0 Å². The molecule has 3 aliphatic rings. The van der Waals surface area contributed by atoms with E-state index in [9.17, 15) is 19.2 Å². The van der Waals surface area contributed by atoms with Crippen LogP contribution in [0.25, 0.3) is 0 Å². The molecule has 0 aromatic carbocycles. The predicted molar refractivity (Wildman–Crippen MR) is 68.8 cm³/mol. The highest BCUT2D eigenvalue weighted by molar-refractivity contribution is 6.07. The van der Waals surface area contributed by atoms with Crippen LogP contribution in [0.5, 0.6) is 0 Å². The first-order valence-electron chi connectivity index (χ1n) is 6.79. The number of fused-ring (bicyclic) bond motifs is 5. The molecule has 1 N–H and O–H groups in total. The Hall–Kier alpha value is -2.22. The second-order valence-electron chi connectivity index (χ2n) is 5.83. The van der Waals surface area contributed by atoms with Crippen LogP contribution in [0.4, 0.5) is 0 Å². The summed E-state index contributed by atoms with van der Waals surface area (Å²) in [5, 5.41) is 2.25. The minimum absolute atomic E-state index is 0.451. The van der Waals surface area contributed by atoms with Gasteiger partial charge in [-0.05, 0) is 13.0 Å². The number of ether oxygens (including phenoxy) is 3. The summed E-state index contributed by atoms with van der Waals surface area (Å²) in [6, 6.07) is 0. The van der Waals surface area contributed by atoms with E-state index in [2.05, 4.69) is 5.32 Å². The first-order valence-corrected chi connectivity index (χ1v) is 6.79. The smallest absolute Gasteiger partial charge is 0.305 e. The lowest BCUT2D eigenvalue weighted by molar-refractivity contribution is -0.231. The Morgan fingerprint density at radius 2 is 1.68 bits per heavy atom. The van der Waals surface area contributed by atoms with Gasteiger partial charge in [0.1, 0.15) is 0 Å². The molecule has 8 heteroatoms. The van der Waals surface area contributed by atoms with Gasteiger partial charge in [0, 0.05) is 13.8 Å². The number of hydrogen-bond donors (Lipinski definition) is 1. The van der Waals surface area contributed by atoms with E-state index in [0.29, 0.717) is 0 Å². The van der Waals surface area contributed by atoms with Crippen molar-refractivity contribution < 1.29 is 33.4 Å². The molecule has 3 heterocycles.